The number of aromatic amines is 1. The molecule has 2 aromatic rings. The Hall–Kier alpha value is -3.73. The number of amides is 2. The average molecular weight is 445 g/mol. The normalized spacial score (nSPS) is 13.7. The number of para-hydroxylation sites is 1. The lowest BCUT2D eigenvalue weighted by atomic mass is 10.0. The molecule has 1 radical (unpaired) electrons. The molecule has 11 heteroatoms. The summed E-state index contributed by atoms with van der Waals surface area (Å²) in [6.45, 7) is 0. The number of H-pyrrole nitrogens is 1. The van der Waals surface area contributed by atoms with Crippen molar-refractivity contribution in [1.29, 1.82) is 0 Å². The minimum absolute atomic E-state index is 0.0533. The highest BCUT2D eigenvalue weighted by Crippen LogP contribution is 2.19. The van der Waals surface area contributed by atoms with Gasteiger partial charge in [0.05, 0.1) is 12.1 Å². The summed E-state index contributed by atoms with van der Waals surface area (Å²) in [6.07, 6.45) is 2.39. The zero-order valence-electron chi connectivity index (χ0n) is 17.2. The quantitative estimate of drug-likeness (QED) is 0.245. The standard InChI is InChI=1S/C21H25N4O7/c22-15(6-8-19(29)30)20(31)25-17(21(32)24-13(11-26)5-7-18(27)28)9-12-10-23-16-4-2-1-3-14(12)16/h1-4,10,13,15,17,23H,5-9,22H2,(H,24,32)(H,25,31)(H,27,28)(H,29,30)/t13-,15-,17-/m0/s1. The van der Waals surface area contributed by atoms with Crippen LogP contribution in [0.15, 0.2) is 30.5 Å². The molecule has 7 N–H and O–H groups in total. The zero-order chi connectivity index (χ0) is 23.7. The number of hydrogen-bond acceptors (Lipinski definition) is 6. The van der Waals surface area contributed by atoms with Crippen LogP contribution < -0.4 is 16.4 Å². The van der Waals surface area contributed by atoms with Crippen LogP contribution in [0, 0.1) is 0 Å². The monoisotopic (exact) mass is 445 g/mol. The number of hydrogen-bond donors (Lipinski definition) is 6. The molecule has 0 bridgehead atoms. The van der Waals surface area contributed by atoms with Crippen molar-refractivity contribution in [2.45, 2.75) is 50.2 Å². The first kappa shape index (κ1) is 24.5. The van der Waals surface area contributed by atoms with Crippen LogP contribution in [0.1, 0.15) is 31.2 Å². The number of carboxylic acid groups (broad SMARTS) is 2. The topological polar surface area (TPSA) is 192 Å². The van der Waals surface area contributed by atoms with Crippen molar-refractivity contribution in [3.05, 3.63) is 36.0 Å². The van der Waals surface area contributed by atoms with Crippen molar-refractivity contribution >= 4 is 40.9 Å². The number of aliphatic carboxylic acids is 2. The maximum atomic E-state index is 12.8. The van der Waals surface area contributed by atoms with Gasteiger partial charge in [0.15, 0.2) is 0 Å². The van der Waals surface area contributed by atoms with Crippen LogP contribution in [0.5, 0.6) is 0 Å². The Labute approximate surface area is 183 Å². The largest absolute Gasteiger partial charge is 0.481 e. The van der Waals surface area contributed by atoms with Crippen LogP contribution in [0.4, 0.5) is 0 Å². The van der Waals surface area contributed by atoms with E-state index in [1.54, 1.807) is 12.5 Å². The summed E-state index contributed by atoms with van der Waals surface area (Å²) >= 11 is 0. The van der Waals surface area contributed by atoms with Crippen molar-refractivity contribution < 1.29 is 34.2 Å². The number of fused-ring (bicyclic) bond motifs is 1. The van der Waals surface area contributed by atoms with E-state index in [0.717, 1.165) is 16.5 Å². The average Bonchev–Trinajstić information content (AvgIpc) is 3.16. The van der Waals surface area contributed by atoms with Crippen LogP contribution in [-0.2, 0) is 30.4 Å². The van der Waals surface area contributed by atoms with Gasteiger partial charge in [-0.2, -0.15) is 0 Å². The van der Waals surface area contributed by atoms with Crippen molar-refractivity contribution in [2.75, 3.05) is 0 Å². The highest BCUT2D eigenvalue weighted by molar-refractivity contribution is 5.92. The van der Waals surface area contributed by atoms with Gasteiger partial charge in [-0.1, -0.05) is 18.2 Å². The number of carboxylic acids is 2. The second-order valence-corrected chi connectivity index (χ2v) is 7.28. The van der Waals surface area contributed by atoms with Gasteiger partial charge in [0, 0.05) is 36.4 Å². The van der Waals surface area contributed by atoms with E-state index in [4.69, 9.17) is 15.9 Å². The van der Waals surface area contributed by atoms with E-state index in [1.165, 1.54) is 0 Å². The third kappa shape index (κ3) is 7.20. The Morgan fingerprint density at radius 1 is 1.00 bits per heavy atom. The molecular weight excluding hydrogens is 420 g/mol. The first-order valence-corrected chi connectivity index (χ1v) is 9.93. The lowest BCUT2D eigenvalue weighted by Gasteiger charge is -2.22. The molecular formula is C21H25N4O7. The summed E-state index contributed by atoms with van der Waals surface area (Å²) in [5.41, 5.74) is 7.29. The zero-order valence-corrected chi connectivity index (χ0v) is 17.2. The van der Waals surface area contributed by atoms with Gasteiger partial charge in [-0.05, 0) is 24.5 Å². The second kappa shape index (κ2) is 11.6. The van der Waals surface area contributed by atoms with Gasteiger partial charge in [-0.3, -0.25) is 24.0 Å². The highest BCUT2D eigenvalue weighted by atomic mass is 16.4. The van der Waals surface area contributed by atoms with Gasteiger partial charge in [-0.15, -0.1) is 0 Å². The Bertz CT molecular complexity index is 987. The molecule has 0 aliphatic heterocycles. The molecule has 3 atom stereocenters. The molecule has 171 valence electrons. The molecule has 0 fully saturated rings. The van der Waals surface area contributed by atoms with E-state index in [2.05, 4.69) is 15.6 Å². The molecule has 2 rings (SSSR count). The number of carbonyl (C=O) groups excluding carboxylic acids is 3. The van der Waals surface area contributed by atoms with Crippen molar-refractivity contribution in [2.24, 2.45) is 5.73 Å². The lowest BCUT2D eigenvalue weighted by molar-refractivity contribution is -0.138. The third-order valence-electron chi connectivity index (χ3n) is 4.84. The van der Waals surface area contributed by atoms with Gasteiger partial charge in [0.2, 0.25) is 18.1 Å². The maximum Gasteiger partial charge on any atom is 0.303 e. The second-order valence-electron chi connectivity index (χ2n) is 7.28. The van der Waals surface area contributed by atoms with Gasteiger partial charge in [0.1, 0.15) is 6.04 Å². The van der Waals surface area contributed by atoms with Gasteiger partial charge in [0.25, 0.3) is 0 Å². The molecule has 0 saturated carbocycles. The molecule has 1 aromatic carbocycles. The molecule has 2 amide bonds. The molecule has 0 spiro atoms. The summed E-state index contributed by atoms with van der Waals surface area (Å²) in [5.74, 6) is -3.67. The predicted molar refractivity (Wildman–Crippen MR) is 113 cm³/mol. The Balaban J connectivity index is 2.18. The smallest absolute Gasteiger partial charge is 0.303 e. The fourth-order valence-corrected chi connectivity index (χ4v) is 3.12. The summed E-state index contributed by atoms with van der Waals surface area (Å²) < 4.78 is 0. The van der Waals surface area contributed by atoms with Crippen molar-refractivity contribution in [1.82, 2.24) is 15.6 Å². The Morgan fingerprint density at radius 2 is 1.66 bits per heavy atom. The van der Waals surface area contributed by atoms with E-state index in [0.29, 0.717) is 0 Å². The van der Waals surface area contributed by atoms with E-state index < -0.39 is 41.9 Å². The van der Waals surface area contributed by atoms with Crippen LogP contribution in [0.3, 0.4) is 0 Å². The summed E-state index contributed by atoms with van der Waals surface area (Å²) in [4.78, 5) is 61.0. The minimum atomic E-state index is -1.17. The number of nitrogens with one attached hydrogen (secondary N) is 3. The van der Waals surface area contributed by atoms with E-state index in [1.807, 2.05) is 24.3 Å². The van der Waals surface area contributed by atoms with E-state index in [-0.39, 0.29) is 32.1 Å². The Kier molecular flexibility index (Phi) is 8.90. The number of carbonyl (C=O) groups is 4. The fourth-order valence-electron chi connectivity index (χ4n) is 3.12. The van der Waals surface area contributed by atoms with Crippen molar-refractivity contribution in [3.8, 4) is 0 Å². The SMILES string of the molecule is N[C@@H](CCC(=O)O)C(=O)N[C@@H](Cc1c[nH]c2ccccc12)C(=O)N[C@H]([C]=O)CCC(=O)O. The first-order valence-electron chi connectivity index (χ1n) is 9.93. The Morgan fingerprint density at radius 3 is 2.31 bits per heavy atom. The third-order valence-corrected chi connectivity index (χ3v) is 4.84. The van der Waals surface area contributed by atoms with E-state index >= 15 is 0 Å². The van der Waals surface area contributed by atoms with Crippen LogP contribution >= 0.6 is 0 Å². The summed E-state index contributed by atoms with van der Waals surface area (Å²) in [7, 11) is 0. The summed E-state index contributed by atoms with van der Waals surface area (Å²) in [6, 6.07) is 3.88. The number of benzene rings is 1. The molecule has 11 nitrogen and oxygen atoms in total. The molecule has 0 unspecified atom stereocenters. The van der Waals surface area contributed by atoms with Crippen LogP contribution in [0.2, 0.25) is 0 Å². The van der Waals surface area contributed by atoms with Crippen LogP contribution in [-0.4, -0.2) is 63.4 Å². The van der Waals surface area contributed by atoms with Gasteiger partial charge < -0.3 is 31.6 Å². The highest BCUT2D eigenvalue weighted by Gasteiger charge is 2.27. The minimum Gasteiger partial charge on any atom is -0.481 e. The van der Waals surface area contributed by atoms with Gasteiger partial charge in [-0.25, -0.2) is 0 Å². The lowest BCUT2D eigenvalue weighted by Crippen LogP contribution is -2.54. The number of nitrogens with two attached hydrogens (primary N) is 1. The predicted octanol–water partition coefficient (Wildman–Crippen LogP) is -0.153. The van der Waals surface area contributed by atoms with Gasteiger partial charge >= 0.3 is 11.9 Å². The molecule has 32 heavy (non-hydrogen) atoms. The molecule has 1 heterocycles. The number of rotatable bonds is 13. The molecule has 0 saturated heterocycles. The first-order chi connectivity index (χ1) is 15.2. The van der Waals surface area contributed by atoms with E-state index in [9.17, 15) is 24.0 Å². The van der Waals surface area contributed by atoms with Crippen LogP contribution in [0.25, 0.3) is 10.9 Å². The number of aromatic nitrogens is 1. The maximum absolute atomic E-state index is 12.8. The molecule has 0 aliphatic carbocycles. The summed E-state index contributed by atoms with van der Waals surface area (Å²) in [5, 5.41) is 23.3. The molecule has 0 aliphatic rings. The molecule has 1 aromatic heterocycles. The van der Waals surface area contributed by atoms with Crippen molar-refractivity contribution in [3.63, 3.8) is 0 Å². The fraction of sp³-hybridized carbons (Fsp3) is 0.381.